The van der Waals surface area contributed by atoms with E-state index in [0.29, 0.717) is 17.3 Å². The highest BCUT2D eigenvalue weighted by Crippen LogP contribution is 2.19. The maximum Gasteiger partial charge on any atom is 0.217 e. The van der Waals surface area contributed by atoms with Gasteiger partial charge >= 0.3 is 0 Å². The summed E-state index contributed by atoms with van der Waals surface area (Å²) in [5.74, 6) is 0.891. The number of nitrogens with two attached hydrogens (primary N) is 1. The Morgan fingerprint density at radius 3 is 2.67 bits per heavy atom. The average Bonchev–Trinajstić information content (AvgIpc) is 2.40. The number of ether oxygens (including phenoxy) is 1. The van der Waals surface area contributed by atoms with Gasteiger partial charge in [-0.25, -0.2) is 4.98 Å². The molecule has 4 nitrogen and oxygen atoms in total. The quantitative estimate of drug-likeness (QED) is 0.856. The van der Waals surface area contributed by atoms with Crippen molar-refractivity contribution in [1.82, 2.24) is 4.98 Å². The number of nitrogen functional groups attached to an aromatic ring is 1. The summed E-state index contributed by atoms with van der Waals surface area (Å²) in [6, 6.07) is 10.7. The van der Waals surface area contributed by atoms with E-state index >= 15 is 0 Å². The molecule has 0 spiro atoms. The van der Waals surface area contributed by atoms with Gasteiger partial charge in [0.1, 0.15) is 0 Å². The lowest BCUT2D eigenvalue weighted by Crippen LogP contribution is -2.00. The fourth-order valence-corrected chi connectivity index (χ4v) is 2.67. The van der Waals surface area contributed by atoms with Gasteiger partial charge in [-0.2, -0.15) is 0 Å². The third kappa shape index (κ3) is 2.87. The van der Waals surface area contributed by atoms with Gasteiger partial charge in [0, 0.05) is 22.3 Å². The van der Waals surface area contributed by atoms with Crippen molar-refractivity contribution in [3.63, 3.8) is 0 Å². The first-order chi connectivity index (χ1) is 8.70. The molecule has 0 bridgehead atoms. The van der Waals surface area contributed by atoms with Gasteiger partial charge < -0.3 is 10.5 Å². The van der Waals surface area contributed by atoms with Crippen molar-refractivity contribution >= 4 is 16.5 Å². The number of nitrogens with zero attached hydrogens (tertiary/aromatic N) is 1. The molecule has 0 saturated heterocycles. The molecule has 0 saturated carbocycles. The second kappa shape index (κ2) is 5.64. The molecule has 2 rings (SSSR count). The zero-order chi connectivity index (χ0) is 13.0. The number of aromatic nitrogens is 1. The van der Waals surface area contributed by atoms with Gasteiger partial charge in [0.25, 0.3) is 0 Å². The summed E-state index contributed by atoms with van der Waals surface area (Å²) in [7, 11) is 0.423. The zero-order valence-electron chi connectivity index (χ0n) is 10.00. The van der Waals surface area contributed by atoms with Crippen LogP contribution < -0.4 is 10.5 Å². The molecule has 0 radical (unpaired) electrons. The Bertz CT molecular complexity index is 555. The first-order valence-corrected chi connectivity index (χ1v) is 6.74. The summed E-state index contributed by atoms with van der Waals surface area (Å²) in [5.41, 5.74) is 7.09. The van der Waals surface area contributed by atoms with E-state index in [9.17, 15) is 4.21 Å². The van der Waals surface area contributed by atoms with Crippen molar-refractivity contribution in [2.45, 2.75) is 10.6 Å². The van der Waals surface area contributed by atoms with Crippen LogP contribution in [-0.2, 0) is 16.6 Å². The molecule has 18 heavy (non-hydrogen) atoms. The van der Waals surface area contributed by atoms with Crippen LogP contribution >= 0.6 is 0 Å². The lowest BCUT2D eigenvalue weighted by Gasteiger charge is -2.07. The third-order valence-corrected chi connectivity index (χ3v) is 3.84. The molecule has 1 aromatic heterocycles. The van der Waals surface area contributed by atoms with Crippen LogP contribution in [0, 0.1) is 0 Å². The minimum atomic E-state index is -1.13. The van der Waals surface area contributed by atoms with E-state index in [1.165, 1.54) is 0 Å². The van der Waals surface area contributed by atoms with E-state index < -0.39 is 10.8 Å². The van der Waals surface area contributed by atoms with E-state index in [2.05, 4.69) is 4.98 Å². The predicted octanol–water partition coefficient (Wildman–Crippen LogP) is 1.98. The topological polar surface area (TPSA) is 65.2 Å². The normalized spacial score (nSPS) is 12.1. The van der Waals surface area contributed by atoms with Gasteiger partial charge in [0.2, 0.25) is 5.88 Å². The van der Waals surface area contributed by atoms with Gasteiger partial charge in [0.15, 0.2) is 0 Å². The van der Waals surface area contributed by atoms with Crippen molar-refractivity contribution in [2.75, 3.05) is 12.8 Å². The molecule has 0 aliphatic carbocycles. The van der Waals surface area contributed by atoms with Crippen LogP contribution in [0.5, 0.6) is 5.88 Å². The SMILES string of the molecule is COc1ncccc1CS(=O)c1ccc(N)cc1. The van der Waals surface area contributed by atoms with Crippen molar-refractivity contribution < 1.29 is 8.95 Å². The van der Waals surface area contributed by atoms with Gasteiger partial charge in [-0.3, -0.25) is 4.21 Å². The fourth-order valence-electron chi connectivity index (χ4n) is 1.56. The van der Waals surface area contributed by atoms with Gasteiger partial charge in [-0.15, -0.1) is 0 Å². The maximum absolute atomic E-state index is 12.2. The lowest BCUT2D eigenvalue weighted by atomic mass is 10.3. The molecular formula is C13H14N2O2S. The number of hydrogen-bond acceptors (Lipinski definition) is 4. The molecule has 2 aromatic rings. The van der Waals surface area contributed by atoms with Crippen LogP contribution in [0.3, 0.4) is 0 Å². The Balaban J connectivity index is 2.18. The lowest BCUT2D eigenvalue weighted by molar-refractivity contribution is 0.394. The van der Waals surface area contributed by atoms with Crippen LogP contribution in [0.1, 0.15) is 5.56 Å². The molecular weight excluding hydrogens is 248 g/mol. The standard InChI is InChI=1S/C13H14N2O2S/c1-17-13-10(3-2-8-15-13)9-18(16)12-6-4-11(14)5-7-12/h2-8H,9,14H2,1H3. The number of benzene rings is 1. The monoisotopic (exact) mass is 262 g/mol. The molecule has 0 fully saturated rings. The third-order valence-electron chi connectivity index (χ3n) is 2.47. The number of hydrogen-bond donors (Lipinski definition) is 1. The highest BCUT2D eigenvalue weighted by molar-refractivity contribution is 7.84. The molecule has 0 aliphatic rings. The van der Waals surface area contributed by atoms with Crippen LogP contribution in [-0.4, -0.2) is 16.3 Å². The van der Waals surface area contributed by atoms with Crippen LogP contribution in [0.25, 0.3) is 0 Å². The first-order valence-electron chi connectivity index (χ1n) is 5.42. The Morgan fingerprint density at radius 1 is 1.28 bits per heavy atom. The maximum atomic E-state index is 12.2. The van der Waals surface area contributed by atoms with Crippen molar-refractivity contribution in [2.24, 2.45) is 0 Å². The number of methoxy groups -OCH3 is 1. The molecule has 0 aliphatic heterocycles. The number of pyridine rings is 1. The summed E-state index contributed by atoms with van der Waals surface area (Å²) in [6.07, 6.45) is 1.65. The highest BCUT2D eigenvalue weighted by Gasteiger charge is 2.09. The molecule has 1 unspecified atom stereocenters. The molecule has 2 N–H and O–H groups in total. The van der Waals surface area contributed by atoms with E-state index in [0.717, 1.165) is 10.5 Å². The largest absolute Gasteiger partial charge is 0.481 e. The molecule has 94 valence electrons. The smallest absolute Gasteiger partial charge is 0.217 e. The molecule has 1 aromatic carbocycles. The Morgan fingerprint density at radius 2 is 2.00 bits per heavy atom. The van der Waals surface area contributed by atoms with E-state index in [1.807, 2.05) is 6.07 Å². The summed E-state index contributed by atoms with van der Waals surface area (Å²) >= 11 is 0. The van der Waals surface area contributed by atoms with Crippen molar-refractivity contribution in [3.05, 3.63) is 48.2 Å². The van der Waals surface area contributed by atoms with Gasteiger partial charge in [0.05, 0.1) is 23.7 Å². The van der Waals surface area contributed by atoms with Crippen molar-refractivity contribution in [3.8, 4) is 5.88 Å². The number of anilines is 1. The summed E-state index contributed by atoms with van der Waals surface area (Å²) in [6.45, 7) is 0. The van der Waals surface area contributed by atoms with E-state index in [-0.39, 0.29) is 0 Å². The van der Waals surface area contributed by atoms with Gasteiger partial charge in [-0.05, 0) is 30.3 Å². The minimum Gasteiger partial charge on any atom is -0.481 e. The Labute approximate surface area is 108 Å². The average molecular weight is 262 g/mol. The van der Waals surface area contributed by atoms with Crippen LogP contribution in [0.2, 0.25) is 0 Å². The van der Waals surface area contributed by atoms with Crippen LogP contribution in [0.15, 0.2) is 47.5 Å². The predicted molar refractivity (Wildman–Crippen MR) is 71.8 cm³/mol. The minimum absolute atomic E-state index is 0.376. The second-order valence-corrected chi connectivity index (χ2v) is 5.18. The fraction of sp³-hybridized carbons (Fsp3) is 0.154. The molecule has 1 atom stereocenters. The van der Waals surface area contributed by atoms with Crippen LogP contribution in [0.4, 0.5) is 5.69 Å². The van der Waals surface area contributed by atoms with E-state index in [4.69, 9.17) is 10.5 Å². The molecule has 0 amide bonds. The number of rotatable bonds is 4. The van der Waals surface area contributed by atoms with E-state index in [1.54, 1.807) is 43.6 Å². The zero-order valence-corrected chi connectivity index (χ0v) is 10.8. The molecule has 1 heterocycles. The summed E-state index contributed by atoms with van der Waals surface area (Å²) < 4.78 is 17.3. The Hall–Kier alpha value is -1.88. The molecule has 5 heteroatoms. The second-order valence-electron chi connectivity index (χ2n) is 3.73. The summed E-state index contributed by atoms with van der Waals surface area (Å²) in [4.78, 5) is 4.83. The van der Waals surface area contributed by atoms with Crippen molar-refractivity contribution in [1.29, 1.82) is 0 Å². The summed E-state index contributed by atoms with van der Waals surface area (Å²) in [5, 5.41) is 0. The first kappa shape index (κ1) is 12.6. The van der Waals surface area contributed by atoms with Gasteiger partial charge in [-0.1, -0.05) is 6.07 Å². The Kier molecular flexibility index (Phi) is 3.94. The highest BCUT2D eigenvalue weighted by atomic mass is 32.2.